The molecule has 26 heavy (non-hydrogen) atoms. The minimum atomic E-state index is -0.991. The normalized spacial score (nSPS) is 10.9. The molecule has 0 amide bonds. The van der Waals surface area contributed by atoms with Crippen molar-refractivity contribution in [2.24, 2.45) is 0 Å². The van der Waals surface area contributed by atoms with E-state index in [9.17, 15) is 4.79 Å². The Morgan fingerprint density at radius 3 is 1.77 bits per heavy atom. The summed E-state index contributed by atoms with van der Waals surface area (Å²) < 4.78 is 17.8. The molecule has 1 aromatic rings. The van der Waals surface area contributed by atoms with Gasteiger partial charge in [-0.2, -0.15) is 0 Å². The van der Waals surface area contributed by atoms with Crippen molar-refractivity contribution in [2.45, 2.75) is 59.3 Å². The van der Waals surface area contributed by atoms with E-state index in [0.717, 1.165) is 44.6 Å². The van der Waals surface area contributed by atoms with Gasteiger partial charge in [0, 0.05) is 6.08 Å². The van der Waals surface area contributed by atoms with Crippen molar-refractivity contribution in [1.29, 1.82) is 0 Å². The molecule has 5 nitrogen and oxygen atoms in total. The molecule has 5 heteroatoms. The van der Waals surface area contributed by atoms with E-state index in [2.05, 4.69) is 20.8 Å². The first kappa shape index (κ1) is 21.9. The van der Waals surface area contributed by atoms with Gasteiger partial charge < -0.3 is 19.3 Å². The highest BCUT2D eigenvalue weighted by Gasteiger charge is 2.15. The Kier molecular flexibility index (Phi) is 11.0. The molecule has 0 unspecified atom stereocenters. The maximum atomic E-state index is 10.8. The highest BCUT2D eigenvalue weighted by atomic mass is 16.5. The molecule has 0 spiro atoms. The highest BCUT2D eigenvalue weighted by molar-refractivity contribution is 5.85. The summed E-state index contributed by atoms with van der Waals surface area (Å²) >= 11 is 0. The number of benzene rings is 1. The fourth-order valence-electron chi connectivity index (χ4n) is 2.19. The fourth-order valence-corrected chi connectivity index (χ4v) is 2.19. The largest absolute Gasteiger partial charge is 0.490 e. The van der Waals surface area contributed by atoms with Crippen LogP contribution < -0.4 is 14.2 Å². The summed E-state index contributed by atoms with van der Waals surface area (Å²) in [6, 6.07) is 3.62. The maximum Gasteiger partial charge on any atom is 0.328 e. The van der Waals surface area contributed by atoms with Gasteiger partial charge in [0.15, 0.2) is 11.5 Å². The first-order chi connectivity index (χ1) is 12.6. The first-order valence-corrected chi connectivity index (χ1v) is 9.59. The minimum Gasteiger partial charge on any atom is -0.490 e. The summed E-state index contributed by atoms with van der Waals surface area (Å²) in [7, 11) is 0. The van der Waals surface area contributed by atoms with Crippen molar-refractivity contribution in [3.05, 3.63) is 23.8 Å². The predicted octanol–water partition coefficient (Wildman–Crippen LogP) is 5.32. The van der Waals surface area contributed by atoms with Gasteiger partial charge >= 0.3 is 5.97 Å². The molecule has 0 aromatic heterocycles. The number of ether oxygens (including phenoxy) is 3. The van der Waals surface area contributed by atoms with Gasteiger partial charge in [0.1, 0.15) is 0 Å². The second-order valence-corrected chi connectivity index (χ2v) is 6.12. The Balaban J connectivity index is 3.15. The van der Waals surface area contributed by atoms with Crippen LogP contribution in [0.15, 0.2) is 18.2 Å². The van der Waals surface area contributed by atoms with Crippen LogP contribution in [0.5, 0.6) is 17.2 Å². The molecule has 0 heterocycles. The molecule has 0 aliphatic heterocycles. The number of aliphatic carboxylic acids is 1. The average Bonchev–Trinajstić information content (AvgIpc) is 2.62. The second kappa shape index (κ2) is 13.1. The summed E-state index contributed by atoms with van der Waals surface area (Å²) in [6.07, 6.45) is 8.58. The van der Waals surface area contributed by atoms with Gasteiger partial charge in [-0.3, -0.25) is 0 Å². The molecule has 0 bridgehead atoms. The summed E-state index contributed by atoms with van der Waals surface area (Å²) in [5.41, 5.74) is 0.716. The van der Waals surface area contributed by atoms with E-state index in [-0.39, 0.29) is 0 Å². The number of carboxylic acids is 1. The lowest BCUT2D eigenvalue weighted by atomic mass is 10.1. The fraction of sp³-hybridized carbons (Fsp3) is 0.571. The molecular weight excluding hydrogens is 332 g/mol. The summed E-state index contributed by atoms with van der Waals surface area (Å²) in [6.45, 7) is 8.08. The second-order valence-electron chi connectivity index (χ2n) is 6.12. The molecule has 0 saturated heterocycles. The van der Waals surface area contributed by atoms with Crippen molar-refractivity contribution in [2.75, 3.05) is 19.8 Å². The van der Waals surface area contributed by atoms with Crippen LogP contribution in [0.3, 0.4) is 0 Å². The van der Waals surface area contributed by atoms with E-state index >= 15 is 0 Å². The Morgan fingerprint density at radius 2 is 1.35 bits per heavy atom. The van der Waals surface area contributed by atoms with Gasteiger partial charge in [-0.25, -0.2) is 4.79 Å². The number of hydrogen-bond acceptors (Lipinski definition) is 4. The Hall–Kier alpha value is -2.17. The van der Waals surface area contributed by atoms with Crippen molar-refractivity contribution in [1.82, 2.24) is 0 Å². The van der Waals surface area contributed by atoms with E-state index in [1.54, 1.807) is 0 Å². The van der Waals surface area contributed by atoms with Crippen LogP contribution in [0.2, 0.25) is 0 Å². The SMILES string of the molecule is CCCCOc1cc(C=CC(=O)O)cc(OCCCC)c1OCCCC. The molecule has 0 radical (unpaired) electrons. The van der Waals surface area contributed by atoms with Crippen LogP contribution in [-0.4, -0.2) is 30.9 Å². The Morgan fingerprint density at radius 1 is 0.885 bits per heavy atom. The summed E-state index contributed by atoms with van der Waals surface area (Å²) in [5.74, 6) is 0.829. The van der Waals surface area contributed by atoms with Crippen LogP contribution in [0.4, 0.5) is 0 Å². The first-order valence-electron chi connectivity index (χ1n) is 9.59. The molecule has 146 valence electrons. The molecule has 0 aliphatic carbocycles. The van der Waals surface area contributed by atoms with Gasteiger partial charge in [0.05, 0.1) is 19.8 Å². The van der Waals surface area contributed by atoms with Gasteiger partial charge in [-0.05, 0) is 43.0 Å². The zero-order valence-corrected chi connectivity index (χ0v) is 16.3. The van der Waals surface area contributed by atoms with Gasteiger partial charge in [-0.1, -0.05) is 40.0 Å². The molecule has 0 aliphatic rings. The molecule has 0 atom stereocenters. The third-order valence-corrected chi connectivity index (χ3v) is 3.72. The van der Waals surface area contributed by atoms with Crippen molar-refractivity contribution < 1.29 is 24.1 Å². The maximum absolute atomic E-state index is 10.8. The van der Waals surface area contributed by atoms with Crippen molar-refractivity contribution in [3.63, 3.8) is 0 Å². The third kappa shape index (κ3) is 8.28. The van der Waals surface area contributed by atoms with Gasteiger partial charge in [0.2, 0.25) is 5.75 Å². The lowest BCUT2D eigenvalue weighted by molar-refractivity contribution is -0.131. The summed E-state index contributed by atoms with van der Waals surface area (Å²) in [4.78, 5) is 10.8. The number of hydrogen-bond donors (Lipinski definition) is 1. The van der Waals surface area contributed by atoms with Crippen LogP contribution in [0, 0.1) is 0 Å². The molecule has 1 N–H and O–H groups in total. The van der Waals surface area contributed by atoms with E-state index < -0.39 is 5.97 Å². The number of rotatable bonds is 14. The molecule has 0 fully saturated rings. The lowest BCUT2D eigenvalue weighted by Crippen LogP contribution is -2.06. The van der Waals surface area contributed by atoms with E-state index in [1.807, 2.05) is 12.1 Å². The molecule has 1 aromatic carbocycles. The van der Waals surface area contributed by atoms with E-state index in [4.69, 9.17) is 19.3 Å². The van der Waals surface area contributed by atoms with Gasteiger partial charge in [-0.15, -0.1) is 0 Å². The summed E-state index contributed by atoms with van der Waals surface area (Å²) in [5, 5.41) is 8.88. The number of carboxylic acid groups (broad SMARTS) is 1. The molecule has 1 rings (SSSR count). The monoisotopic (exact) mass is 364 g/mol. The number of carbonyl (C=O) groups is 1. The van der Waals surface area contributed by atoms with Crippen LogP contribution >= 0.6 is 0 Å². The zero-order chi connectivity index (χ0) is 19.2. The van der Waals surface area contributed by atoms with Crippen molar-refractivity contribution in [3.8, 4) is 17.2 Å². The highest BCUT2D eigenvalue weighted by Crippen LogP contribution is 2.40. The average molecular weight is 364 g/mol. The van der Waals surface area contributed by atoms with E-state index in [0.29, 0.717) is 42.6 Å². The zero-order valence-electron chi connectivity index (χ0n) is 16.3. The van der Waals surface area contributed by atoms with E-state index in [1.165, 1.54) is 6.08 Å². The van der Waals surface area contributed by atoms with Crippen LogP contribution in [0.1, 0.15) is 64.9 Å². The quantitative estimate of drug-likeness (QED) is 0.357. The minimum absolute atomic E-state index is 0.584. The van der Waals surface area contributed by atoms with Gasteiger partial charge in [0.25, 0.3) is 0 Å². The Labute approximate surface area is 157 Å². The molecular formula is C21H32O5. The topological polar surface area (TPSA) is 65.0 Å². The predicted molar refractivity (Wildman–Crippen MR) is 104 cm³/mol. The lowest BCUT2D eigenvalue weighted by Gasteiger charge is -2.18. The molecule has 0 saturated carbocycles. The standard InChI is InChI=1S/C21H32O5/c1-4-7-12-24-18-15-17(10-11-20(22)23)16-19(25-13-8-5-2)21(18)26-14-9-6-3/h10-11,15-16H,4-9,12-14H2,1-3H3,(H,22,23). The third-order valence-electron chi connectivity index (χ3n) is 3.72. The number of unbranched alkanes of at least 4 members (excludes halogenated alkanes) is 3. The Bertz CT molecular complexity index is 535. The van der Waals surface area contributed by atoms with Crippen LogP contribution in [-0.2, 0) is 4.79 Å². The van der Waals surface area contributed by atoms with Crippen LogP contribution in [0.25, 0.3) is 6.08 Å². The van der Waals surface area contributed by atoms with Crippen molar-refractivity contribution >= 4 is 12.0 Å². The smallest absolute Gasteiger partial charge is 0.328 e.